The Morgan fingerprint density at radius 1 is 1.29 bits per heavy atom. The Bertz CT molecular complexity index is 343. The summed E-state index contributed by atoms with van der Waals surface area (Å²) in [5, 5.41) is 8.42. The van der Waals surface area contributed by atoms with Crippen molar-refractivity contribution in [1.82, 2.24) is 0 Å². The molecule has 0 radical (unpaired) electrons. The predicted octanol–water partition coefficient (Wildman–Crippen LogP) is 2.07. The van der Waals surface area contributed by atoms with Gasteiger partial charge in [0.15, 0.2) is 5.78 Å². The second-order valence-corrected chi connectivity index (χ2v) is 3.60. The first-order valence-electron chi connectivity index (χ1n) is 4.02. The molecule has 14 heavy (non-hydrogen) atoms. The SMILES string of the molecule is CSc1ccc(C(=O)CC(=O)O)cc1. The quantitative estimate of drug-likeness (QED) is 0.469. The first-order valence-corrected chi connectivity index (χ1v) is 5.25. The lowest BCUT2D eigenvalue weighted by Gasteiger charge is -1.99. The topological polar surface area (TPSA) is 54.4 Å². The lowest BCUT2D eigenvalue weighted by Crippen LogP contribution is -2.06. The van der Waals surface area contributed by atoms with Gasteiger partial charge in [0.1, 0.15) is 6.42 Å². The highest BCUT2D eigenvalue weighted by Crippen LogP contribution is 2.15. The van der Waals surface area contributed by atoms with E-state index in [-0.39, 0.29) is 5.78 Å². The summed E-state index contributed by atoms with van der Waals surface area (Å²) in [7, 11) is 0. The van der Waals surface area contributed by atoms with E-state index < -0.39 is 12.4 Å². The molecule has 0 unspecified atom stereocenters. The van der Waals surface area contributed by atoms with Gasteiger partial charge in [0.25, 0.3) is 0 Å². The molecule has 4 heteroatoms. The van der Waals surface area contributed by atoms with E-state index in [4.69, 9.17) is 5.11 Å². The van der Waals surface area contributed by atoms with Gasteiger partial charge in [-0.2, -0.15) is 0 Å². The maximum absolute atomic E-state index is 11.3. The van der Waals surface area contributed by atoms with Crippen LogP contribution in [0.1, 0.15) is 16.8 Å². The van der Waals surface area contributed by atoms with E-state index in [2.05, 4.69) is 0 Å². The second kappa shape index (κ2) is 4.81. The molecule has 1 aromatic rings. The average Bonchev–Trinajstić information content (AvgIpc) is 2.17. The predicted molar refractivity (Wildman–Crippen MR) is 54.8 cm³/mol. The molecule has 0 aliphatic heterocycles. The van der Waals surface area contributed by atoms with E-state index in [1.165, 1.54) is 0 Å². The minimum Gasteiger partial charge on any atom is -0.481 e. The van der Waals surface area contributed by atoms with Crippen LogP contribution in [0.15, 0.2) is 29.2 Å². The van der Waals surface area contributed by atoms with Crippen LogP contribution < -0.4 is 0 Å². The van der Waals surface area contributed by atoms with Crippen molar-refractivity contribution >= 4 is 23.5 Å². The molecule has 0 aromatic heterocycles. The summed E-state index contributed by atoms with van der Waals surface area (Å²) in [5.74, 6) is -1.45. The zero-order valence-corrected chi connectivity index (χ0v) is 8.50. The number of carboxylic acid groups (broad SMARTS) is 1. The van der Waals surface area contributed by atoms with Crippen molar-refractivity contribution in [2.75, 3.05) is 6.26 Å². The molecule has 3 nitrogen and oxygen atoms in total. The summed E-state index contributed by atoms with van der Waals surface area (Å²) in [5.41, 5.74) is 0.449. The van der Waals surface area contributed by atoms with Crippen LogP contribution in [0.5, 0.6) is 0 Å². The van der Waals surface area contributed by atoms with Crippen LogP contribution in [-0.2, 0) is 4.79 Å². The number of thioether (sulfide) groups is 1. The van der Waals surface area contributed by atoms with E-state index in [9.17, 15) is 9.59 Å². The number of hydrogen-bond acceptors (Lipinski definition) is 3. The number of aliphatic carboxylic acids is 1. The van der Waals surface area contributed by atoms with Crippen molar-refractivity contribution in [2.24, 2.45) is 0 Å². The first-order chi connectivity index (χ1) is 6.63. The Kier molecular flexibility index (Phi) is 3.71. The number of ketones is 1. The molecule has 0 bridgehead atoms. The van der Waals surface area contributed by atoms with E-state index in [1.54, 1.807) is 36.0 Å². The van der Waals surface area contributed by atoms with Gasteiger partial charge in [-0.3, -0.25) is 9.59 Å². The van der Waals surface area contributed by atoms with Crippen molar-refractivity contribution in [3.63, 3.8) is 0 Å². The molecule has 0 aliphatic rings. The van der Waals surface area contributed by atoms with E-state index in [0.717, 1.165) is 4.90 Å². The highest BCUT2D eigenvalue weighted by Gasteiger charge is 2.09. The molecular weight excluding hydrogens is 200 g/mol. The third kappa shape index (κ3) is 2.88. The third-order valence-corrected chi connectivity index (χ3v) is 2.47. The number of rotatable bonds is 4. The molecule has 0 fully saturated rings. The van der Waals surface area contributed by atoms with Crippen LogP contribution in [0.4, 0.5) is 0 Å². The zero-order chi connectivity index (χ0) is 10.6. The molecular formula is C10H10O3S. The van der Waals surface area contributed by atoms with Crippen LogP contribution in [0.3, 0.4) is 0 Å². The second-order valence-electron chi connectivity index (χ2n) is 2.72. The van der Waals surface area contributed by atoms with E-state index in [1.807, 2.05) is 6.26 Å². The van der Waals surface area contributed by atoms with Crippen LogP contribution in [0.2, 0.25) is 0 Å². The average molecular weight is 210 g/mol. The fourth-order valence-electron chi connectivity index (χ4n) is 1.02. The van der Waals surface area contributed by atoms with Gasteiger partial charge in [-0.1, -0.05) is 12.1 Å². The Labute approximate surface area is 86.1 Å². The minimum atomic E-state index is -1.09. The number of hydrogen-bond donors (Lipinski definition) is 1. The van der Waals surface area contributed by atoms with Gasteiger partial charge < -0.3 is 5.11 Å². The Morgan fingerprint density at radius 3 is 2.29 bits per heavy atom. The number of benzene rings is 1. The van der Waals surface area contributed by atoms with Crippen molar-refractivity contribution in [1.29, 1.82) is 0 Å². The largest absolute Gasteiger partial charge is 0.481 e. The number of carbonyl (C=O) groups excluding carboxylic acids is 1. The van der Waals surface area contributed by atoms with Crippen molar-refractivity contribution in [2.45, 2.75) is 11.3 Å². The zero-order valence-electron chi connectivity index (χ0n) is 7.69. The summed E-state index contributed by atoms with van der Waals surface area (Å²) in [6.45, 7) is 0. The van der Waals surface area contributed by atoms with Gasteiger partial charge in [0, 0.05) is 10.5 Å². The summed E-state index contributed by atoms with van der Waals surface area (Å²) < 4.78 is 0. The lowest BCUT2D eigenvalue weighted by atomic mass is 10.1. The monoisotopic (exact) mass is 210 g/mol. The number of carbonyl (C=O) groups is 2. The molecule has 0 saturated carbocycles. The van der Waals surface area contributed by atoms with Crippen molar-refractivity contribution in [3.05, 3.63) is 29.8 Å². The van der Waals surface area contributed by atoms with Crippen LogP contribution in [0.25, 0.3) is 0 Å². The molecule has 1 aromatic carbocycles. The molecule has 0 heterocycles. The maximum atomic E-state index is 11.3. The maximum Gasteiger partial charge on any atom is 0.311 e. The van der Waals surface area contributed by atoms with E-state index in [0.29, 0.717) is 5.56 Å². The summed E-state index contributed by atoms with van der Waals surface area (Å²) >= 11 is 1.58. The lowest BCUT2D eigenvalue weighted by molar-refractivity contribution is -0.135. The van der Waals surface area contributed by atoms with Crippen molar-refractivity contribution in [3.8, 4) is 0 Å². The third-order valence-electron chi connectivity index (χ3n) is 1.72. The summed E-state index contributed by atoms with van der Waals surface area (Å²) in [4.78, 5) is 22.6. The van der Waals surface area contributed by atoms with Gasteiger partial charge in [0.05, 0.1) is 0 Å². The summed E-state index contributed by atoms with van der Waals surface area (Å²) in [6, 6.07) is 6.91. The molecule has 0 aliphatic carbocycles. The van der Waals surface area contributed by atoms with Crippen LogP contribution in [-0.4, -0.2) is 23.1 Å². The van der Waals surface area contributed by atoms with Crippen molar-refractivity contribution < 1.29 is 14.7 Å². The molecule has 1 N–H and O–H groups in total. The fraction of sp³-hybridized carbons (Fsp3) is 0.200. The highest BCUT2D eigenvalue weighted by atomic mass is 32.2. The summed E-state index contributed by atoms with van der Waals surface area (Å²) in [6.07, 6.45) is 1.49. The van der Waals surface area contributed by atoms with Gasteiger partial charge >= 0.3 is 5.97 Å². The van der Waals surface area contributed by atoms with Gasteiger partial charge in [-0.15, -0.1) is 11.8 Å². The van der Waals surface area contributed by atoms with Gasteiger partial charge in [-0.05, 0) is 18.4 Å². The first kappa shape index (κ1) is 10.8. The molecule has 0 saturated heterocycles. The molecule has 74 valence electrons. The Hall–Kier alpha value is -1.29. The Balaban J connectivity index is 2.76. The molecule has 0 atom stereocenters. The number of Topliss-reactive ketones (excluding diaryl/α,β-unsaturated/α-hetero) is 1. The highest BCUT2D eigenvalue weighted by molar-refractivity contribution is 7.98. The minimum absolute atomic E-state index is 0.356. The van der Waals surface area contributed by atoms with Crippen LogP contribution >= 0.6 is 11.8 Å². The van der Waals surface area contributed by atoms with Gasteiger partial charge in [0.2, 0.25) is 0 Å². The van der Waals surface area contributed by atoms with Crippen LogP contribution in [0, 0.1) is 0 Å². The molecule has 0 amide bonds. The molecule has 1 rings (SSSR count). The number of carboxylic acids is 1. The molecule has 0 spiro atoms. The van der Waals surface area contributed by atoms with E-state index >= 15 is 0 Å². The Morgan fingerprint density at radius 2 is 1.86 bits per heavy atom. The van der Waals surface area contributed by atoms with Gasteiger partial charge in [-0.25, -0.2) is 0 Å². The normalized spacial score (nSPS) is 9.79. The fourth-order valence-corrected chi connectivity index (χ4v) is 1.42. The smallest absolute Gasteiger partial charge is 0.311 e. The standard InChI is InChI=1S/C10H10O3S/c1-14-8-4-2-7(3-5-8)9(11)6-10(12)13/h2-5H,6H2,1H3,(H,12,13).